The van der Waals surface area contributed by atoms with Gasteiger partial charge in [-0.2, -0.15) is 5.10 Å². The molecule has 3 rings (SSSR count). The van der Waals surface area contributed by atoms with Gasteiger partial charge in [0, 0.05) is 6.54 Å². The van der Waals surface area contributed by atoms with Crippen molar-refractivity contribution >= 4 is 0 Å². The second-order valence-electron chi connectivity index (χ2n) is 4.48. The second-order valence-corrected chi connectivity index (χ2v) is 4.48. The fourth-order valence-electron chi connectivity index (χ4n) is 2.17. The molecule has 1 aromatic heterocycles. The van der Waals surface area contributed by atoms with E-state index in [1.807, 2.05) is 4.68 Å². The molecule has 0 amide bonds. The first kappa shape index (κ1) is 11.4. The van der Waals surface area contributed by atoms with Gasteiger partial charge in [-0.15, -0.1) is 0 Å². The molecule has 1 aliphatic rings. The number of benzene rings is 1. The quantitative estimate of drug-likeness (QED) is 0.855. The van der Waals surface area contributed by atoms with Crippen molar-refractivity contribution < 1.29 is 4.74 Å². The summed E-state index contributed by atoms with van der Waals surface area (Å²) in [7, 11) is 0. The van der Waals surface area contributed by atoms with Crippen LogP contribution in [0.2, 0.25) is 0 Å². The molecule has 0 spiro atoms. The molecule has 0 saturated heterocycles. The summed E-state index contributed by atoms with van der Waals surface area (Å²) in [6.45, 7) is 3.03. The average Bonchev–Trinajstić information content (AvgIpc) is 2.86. The fourth-order valence-corrected chi connectivity index (χ4v) is 2.17. The van der Waals surface area contributed by atoms with Crippen LogP contribution in [0.15, 0.2) is 36.9 Å². The molecule has 0 saturated carbocycles. The maximum Gasteiger partial charge on any atom is 0.137 e. The standard InChI is InChI=1S/C13H16N4O/c1-2-4-12-7-18-8-13(15-5-11(12)3-1)6-17-10-14-9-16-17/h1-4,9-10,13,15H,5-8H2/t13-/m1/s1. The number of hydrogen-bond donors (Lipinski definition) is 1. The van der Waals surface area contributed by atoms with Crippen LogP contribution in [0.25, 0.3) is 0 Å². The van der Waals surface area contributed by atoms with Crippen LogP contribution < -0.4 is 5.32 Å². The number of aromatic nitrogens is 3. The maximum atomic E-state index is 5.74. The second kappa shape index (κ2) is 5.29. The molecule has 94 valence electrons. The fraction of sp³-hybridized carbons (Fsp3) is 0.385. The van der Waals surface area contributed by atoms with Crippen LogP contribution >= 0.6 is 0 Å². The zero-order chi connectivity index (χ0) is 12.2. The van der Waals surface area contributed by atoms with Gasteiger partial charge in [0.05, 0.1) is 25.8 Å². The van der Waals surface area contributed by atoms with Crippen molar-refractivity contribution in [3.63, 3.8) is 0 Å². The van der Waals surface area contributed by atoms with E-state index in [-0.39, 0.29) is 6.04 Å². The minimum Gasteiger partial charge on any atom is -0.375 e. The van der Waals surface area contributed by atoms with E-state index < -0.39 is 0 Å². The monoisotopic (exact) mass is 244 g/mol. The van der Waals surface area contributed by atoms with Gasteiger partial charge in [0.2, 0.25) is 0 Å². The molecule has 0 fully saturated rings. The molecule has 5 nitrogen and oxygen atoms in total. The smallest absolute Gasteiger partial charge is 0.137 e. The van der Waals surface area contributed by atoms with Crippen molar-refractivity contribution in [2.75, 3.05) is 6.61 Å². The molecule has 1 aliphatic heterocycles. The van der Waals surface area contributed by atoms with Gasteiger partial charge in [0.15, 0.2) is 0 Å². The predicted octanol–water partition coefficient (Wildman–Crippen LogP) is 0.967. The van der Waals surface area contributed by atoms with E-state index in [1.54, 1.807) is 12.7 Å². The lowest BCUT2D eigenvalue weighted by molar-refractivity contribution is 0.0868. The largest absolute Gasteiger partial charge is 0.375 e. The zero-order valence-corrected chi connectivity index (χ0v) is 10.1. The van der Waals surface area contributed by atoms with E-state index in [1.165, 1.54) is 11.1 Å². The number of fused-ring (bicyclic) bond motifs is 1. The van der Waals surface area contributed by atoms with E-state index in [9.17, 15) is 0 Å². The van der Waals surface area contributed by atoms with Gasteiger partial charge >= 0.3 is 0 Å². The van der Waals surface area contributed by atoms with E-state index in [4.69, 9.17) is 4.74 Å². The summed E-state index contributed by atoms with van der Waals surface area (Å²) in [6, 6.07) is 8.64. The van der Waals surface area contributed by atoms with Gasteiger partial charge in [-0.3, -0.25) is 4.68 Å². The van der Waals surface area contributed by atoms with Crippen LogP contribution in [0.3, 0.4) is 0 Å². The lowest BCUT2D eigenvalue weighted by atomic mass is 10.1. The highest BCUT2D eigenvalue weighted by Crippen LogP contribution is 2.13. The van der Waals surface area contributed by atoms with Crippen molar-refractivity contribution in [3.8, 4) is 0 Å². The molecule has 1 atom stereocenters. The predicted molar refractivity (Wildman–Crippen MR) is 66.7 cm³/mol. The van der Waals surface area contributed by atoms with Crippen LogP contribution in [0.1, 0.15) is 11.1 Å². The zero-order valence-electron chi connectivity index (χ0n) is 10.1. The van der Waals surface area contributed by atoms with Crippen LogP contribution in [-0.2, 0) is 24.4 Å². The average molecular weight is 244 g/mol. The topological polar surface area (TPSA) is 52.0 Å². The van der Waals surface area contributed by atoms with E-state index >= 15 is 0 Å². The van der Waals surface area contributed by atoms with Crippen LogP contribution in [-0.4, -0.2) is 27.4 Å². The molecule has 0 bridgehead atoms. The molecule has 0 unspecified atom stereocenters. The van der Waals surface area contributed by atoms with E-state index in [0.29, 0.717) is 13.2 Å². The lowest BCUT2D eigenvalue weighted by Crippen LogP contribution is -2.38. The summed E-state index contributed by atoms with van der Waals surface area (Å²) in [6.07, 6.45) is 3.29. The van der Waals surface area contributed by atoms with Crippen molar-refractivity contribution in [1.82, 2.24) is 20.1 Å². The van der Waals surface area contributed by atoms with Crippen molar-refractivity contribution in [2.45, 2.75) is 25.7 Å². The Morgan fingerprint density at radius 1 is 1.33 bits per heavy atom. The van der Waals surface area contributed by atoms with Gasteiger partial charge in [-0.05, 0) is 11.1 Å². The van der Waals surface area contributed by atoms with Gasteiger partial charge in [0.25, 0.3) is 0 Å². The Morgan fingerprint density at radius 3 is 3.06 bits per heavy atom. The third-order valence-corrected chi connectivity index (χ3v) is 3.15. The Hall–Kier alpha value is -1.72. The highest BCUT2D eigenvalue weighted by Gasteiger charge is 2.14. The number of nitrogens with zero attached hydrogens (tertiary/aromatic N) is 3. The van der Waals surface area contributed by atoms with Crippen molar-refractivity contribution in [2.24, 2.45) is 0 Å². The first-order valence-corrected chi connectivity index (χ1v) is 6.12. The molecular weight excluding hydrogens is 228 g/mol. The van der Waals surface area contributed by atoms with E-state index in [0.717, 1.165) is 13.1 Å². The van der Waals surface area contributed by atoms with Gasteiger partial charge in [-0.1, -0.05) is 24.3 Å². The number of hydrogen-bond acceptors (Lipinski definition) is 4. The molecular formula is C13H16N4O. The number of rotatable bonds is 2. The summed E-state index contributed by atoms with van der Waals surface area (Å²) in [5.74, 6) is 0. The van der Waals surface area contributed by atoms with Crippen LogP contribution in [0, 0.1) is 0 Å². The summed E-state index contributed by atoms with van der Waals surface area (Å²) in [5, 5.41) is 7.62. The third kappa shape index (κ3) is 2.57. The minimum atomic E-state index is 0.264. The van der Waals surface area contributed by atoms with Gasteiger partial charge < -0.3 is 10.1 Å². The normalized spacial score (nSPS) is 19.9. The molecule has 18 heavy (non-hydrogen) atoms. The molecule has 5 heteroatoms. The van der Waals surface area contributed by atoms with Gasteiger partial charge in [-0.25, -0.2) is 4.98 Å². The molecule has 0 aliphatic carbocycles. The number of ether oxygens (including phenoxy) is 1. The molecule has 0 radical (unpaired) electrons. The Bertz CT molecular complexity index is 497. The van der Waals surface area contributed by atoms with Crippen LogP contribution in [0.4, 0.5) is 0 Å². The minimum absolute atomic E-state index is 0.264. The molecule has 2 aromatic rings. The molecule has 1 aromatic carbocycles. The lowest BCUT2D eigenvalue weighted by Gasteiger charge is -2.23. The SMILES string of the molecule is c1ccc2c(c1)CN[C@H](Cn1cncn1)COC2. The van der Waals surface area contributed by atoms with Crippen molar-refractivity contribution in [3.05, 3.63) is 48.0 Å². The summed E-state index contributed by atoms with van der Waals surface area (Å²) < 4.78 is 7.57. The van der Waals surface area contributed by atoms with Gasteiger partial charge in [0.1, 0.15) is 12.7 Å². The summed E-state index contributed by atoms with van der Waals surface area (Å²) >= 11 is 0. The highest BCUT2D eigenvalue weighted by molar-refractivity contribution is 5.26. The molecule has 1 N–H and O–H groups in total. The Balaban J connectivity index is 1.68. The maximum absolute atomic E-state index is 5.74. The molecule has 2 heterocycles. The third-order valence-electron chi connectivity index (χ3n) is 3.15. The first-order chi connectivity index (χ1) is 8.92. The number of nitrogens with one attached hydrogen (secondary N) is 1. The summed E-state index contributed by atoms with van der Waals surface area (Å²) in [4.78, 5) is 3.95. The Morgan fingerprint density at radius 2 is 2.22 bits per heavy atom. The van der Waals surface area contributed by atoms with Crippen molar-refractivity contribution in [1.29, 1.82) is 0 Å². The van der Waals surface area contributed by atoms with Crippen LogP contribution in [0.5, 0.6) is 0 Å². The Kier molecular flexibility index (Phi) is 3.34. The summed E-state index contributed by atoms with van der Waals surface area (Å²) in [5.41, 5.74) is 2.57. The Labute approximate surface area is 106 Å². The van der Waals surface area contributed by atoms with E-state index in [2.05, 4.69) is 39.7 Å². The first-order valence-electron chi connectivity index (χ1n) is 6.12. The highest BCUT2D eigenvalue weighted by atomic mass is 16.5.